The molecule has 1 amide bonds. The lowest BCUT2D eigenvalue weighted by atomic mass is 9.88. The third-order valence-corrected chi connectivity index (χ3v) is 5.01. The van der Waals surface area contributed by atoms with Crippen molar-refractivity contribution in [3.63, 3.8) is 0 Å². The minimum Gasteiger partial charge on any atom is -0.349 e. The molecular weight excluding hydrogens is 298 g/mol. The van der Waals surface area contributed by atoms with Gasteiger partial charge in [0.1, 0.15) is 0 Å². The lowest BCUT2D eigenvalue weighted by molar-refractivity contribution is -0.126. The SMILES string of the molecule is C[C@@H](NC(=O)C1CCc2nc[nH]c2C1)c1cccc2ccccc12. The molecule has 2 N–H and O–H groups in total. The largest absolute Gasteiger partial charge is 0.349 e. The number of nitrogens with zero attached hydrogens (tertiary/aromatic N) is 1. The predicted octanol–water partition coefficient (Wildman–Crippen LogP) is 3.55. The van der Waals surface area contributed by atoms with Crippen molar-refractivity contribution in [1.29, 1.82) is 0 Å². The monoisotopic (exact) mass is 319 g/mol. The van der Waals surface area contributed by atoms with Gasteiger partial charge < -0.3 is 10.3 Å². The van der Waals surface area contributed by atoms with Gasteiger partial charge >= 0.3 is 0 Å². The van der Waals surface area contributed by atoms with Crippen LogP contribution in [0.15, 0.2) is 48.8 Å². The van der Waals surface area contributed by atoms with Gasteiger partial charge in [-0.2, -0.15) is 0 Å². The van der Waals surface area contributed by atoms with Gasteiger partial charge in [0, 0.05) is 18.0 Å². The molecule has 3 aromatic rings. The molecule has 1 unspecified atom stereocenters. The first-order valence-electron chi connectivity index (χ1n) is 8.51. The van der Waals surface area contributed by atoms with Crippen molar-refractivity contribution >= 4 is 16.7 Å². The van der Waals surface area contributed by atoms with Gasteiger partial charge in [0.25, 0.3) is 0 Å². The maximum Gasteiger partial charge on any atom is 0.223 e. The van der Waals surface area contributed by atoms with Gasteiger partial charge in [-0.05, 0) is 36.1 Å². The molecule has 2 atom stereocenters. The quantitative estimate of drug-likeness (QED) is 0.776. The van der Waals surface area contributed by atoms with Gasteiger partial charge in [0.05, 0.1) is 18.1 Å². The highest BCUT2D eigenvalue weighted by Gasteiger charge is 2.27. The molecule has 0 radical (unpaired) electrons. The Hall–Kier alpha value is -2.62. The van der Waals surface area contributed by atoms with E-state index in [1.165, 1.54) is 16.3 Å². The molecule has 4 rings (SSSR count). The molecule has 4 heteroatoms. The zero-order chi connectivity index (χ0) is 16.5. The summed E-state index contributed by atoms with van der Waals surface area (Å²) in [6, 6.07) is 14.6. The molecule has 0 bridgehead atoms. The Morgan fingerprint density at radius 1 is 1.25 bits per heavy atom. The fourth-order valence-corrected chi connectivity index (χ4v) is 3.66. The summed E-state index contributed by atoms with van der Waals surface area (Å²) in [6.07, 6.45) is 4.22. The molecule has 122 valence electrons. The summed E-state index contributed by atoms with van der Waals surface area (Å²) in [5.41, 5.74) is 3.39. The number of imidazole rings is 1. The Bertz CT molecular complexity index is 878. The molecule has 0 fully saturated rings. The number of carbonyl (C=O) groups is 1. The molecule has 4 nitrogen and oxygen atoms in total. The van der Waals surface area contributed by atoms with Gasteiger partial charge in [0.2, 0.25) is 5.91 Å². The molecule has 0 spiro atoms. The fraction of sp³-hybridized carbons (Fsp3) is 0.300. The number of benzene rings is 2. The van der Waals surface area contributed by atoms with Crippen LogP contribution in [0, 0.1) is 5.92 Å². The van der Waals surface area contributed by atoms with Crippen molar-refractivity contribution in [2.75, 3.05) is 0 Å². The van der Waals surface area contributed by atoms with Gasteiger partial charge in [-0.3, -0.25) is 4.79 Å². The van der Waals surface area contributed by atoms with Crippen LogP contribution in [0.1, 0.15) is 36.3 Å². The molecule has 0 saturated carbocycles. The summed E-state index contributed by atoms with van der Waals surface area (Å²) < 4.78 is 0. The van der Waals surface area contributed by atoms with Gasteiger partial charge in [0.15, 0.2) is 0 Å². The van der Waals surface area contributed by atoms with Crippen molar-refractivity contribution in [2.24, 2.45) is 5.92 Å². The van der Waals surface area contributed by atoms with Crippen molar-refractivity contribution in [3.8, 4) is 0 Å². The van der Waals surface area contributed by atoms with E-state index < -0.39 is 0 Å². The molecule has 1 heterocycles. The van der Waals surface area contributed by atoms with E-state index in [1.54, 1.807) is 6.33 Å². The van der Waals surface area contributed by atoms with Crippen LogP contribution in [0.5, 0.6) is 0 Å². The number of hydrogen-bond acceptors (Lipinski definition) is 2. The van der Waals surface area contributed by atoms with Crippen LogP contribution in [-0.4, -0.2) is 15.9 Å². The highest BCUT2D eigenvalue weighted by Crippen LogP contribution is 2.26. The Morgan fingerprint density at radius 3 is 3.00 bits per heavy atom. The lowest BCUT2D eigenvalue weighted by Gasteiger charge is -2.24. The molecule has 1 aliphatic rings. The summed E-state index contributed by atoms with van der Waals surface area (Å²) in [6.45, 7) is 2.06. The van der Waals surface area contributed by atoms with Gasteiger partial charge in [-0.25, -0.2) is 4.98 Å². The first kappa shape index (κ1) is 14.9. The highest BCUT2D eigenvalue weighted by atomic mass is 16.1. The van der Waals surface area contributed by atoms with E-state index in [9.17, 15) is 4.79 Å². The minimum absolute atomic E-state index is 0.00763. The first-order valence-corrected chi connectivity index (χ1v) is 8.51. The molecular formula is C20H21N3O. The van der Waals surface area contributed by atoms with Crippen LogP contribution in [0.25, 0.3) is 10.8 Å². The topological polar surface area (TPSA) is 57.8 Å². The van der Waals surface area contributed by atoms with Crippen LogP contribution in [0.3, 0.4) is 0 Å². The number of aromatic amines is 1. The third-order valence-electron chi connectivity index (χ3n) is 5.01. The number of amides is 1. The van der Waals surface area contributed by atoms with Crippen molar-refractivity contribution < 1.29 is 4.79 Å². The van der Waals surface area contributed by atoms with Gasteiger partial charge in [-0.15, -0.1) is 0 Å². The van der Waals surface area contributed by atoms with Crippen molar-refractivity contribution in [2.45, 2.75) is 32.2 Å². The number of nitrogens with one attached hydrogen (secondary N) is 2. The van der Waals surface area contributed by atoms with Crippen LogP contribution >= 0.6 is 0 Å². The minimum atomic E-state index is -0.00763. The smallest absolute Gasteiger partial charge is 0.223 e. The third kappa shape index (κ3) is 2.68. The van der Waals surface area contributed by atoms with E-state index in [2.05, 4.69) is 52.5 Å². The maximum atomic E-state index is 12.7. The van der Waals surface area contributed by atoms with E-state index in [-0.39, 0.29) is 17.9 Å². The molecule has 1 aromatic heterocycles. The summed E-state index contributed by atoms with van der Waals surface area (Å²) in [7, 11) is 0. The number of aromatic nitrogens is 2. The summed E-state index contributed by atoms with van der Waals surface area (Å²) in [4.78, 5) is 20.2. The predicted molar refractivity (Wildman–Crippen MR) is 94.6 cm³/mol. The van der Waals surface area contributed by atoms with E-state index in [0.29, 0.717) is 0 Å². The lowest BCUT2D eigenvalue weighted by Crippen LogP contribution is -2.35. The van der Waals surface area contributed by atoms with Crippen LogP contribution in [0.2, 0.25) is 0 Å². The van der Waals surface area contributed by atoms with E-state index in [1.807, 2.05) is 12.1 Å². The Kier molecular flexibility index (Phi) is 3.81. The van der Waals surface area contributed by atoms with Crippen LogP contribution in [0.4, 0.5) is 0 Å². The average molecular weight is 319 g/mol. The fourth-order valence-electron chi connectivity index (χ4n) is 3.66. The molecule has 24 heavy (non-hydrogen) atoms. The number of H-pyrrole nitrogens is 1. The Morgan fingerprint density at radius 2 is 2.08 bits per heavy atom. The number of rotatable bonds is 3. The van der Waals surface area contributed by atoms with E-state index in [4.69, 9.17) is 0 Å². The number of fused-ring (bicyclic) bond motifs is 2. The standard InChI is InChI=1S/C20H21N3O/c1-13(16-8-4-6-14-5-2-3-7-17(14)16)23-20(24)15-9-10-18-19(11-15)22-12-21-18/h2-8,12-13,15H,9-11H2,1H3,(H,21,22)(H,23,24)/t13-,15?/m1/s1. The number of aryl methyl sites for hydroxylation is 1. The van der Waals surface area contributed by atoms with Gasteiger partial charge in [-0.1, -0.05) is 42.5 Å². The van der Waals surface area contributed by atoms with E-state index in [0.717, 1.165) is 30.7 Å². The summed E-state index contributed by atoms with van der Waals surface area (Å²) in [5.74, 6) is 0.158. The van der Waals surface area contributed by atoms with Crippen LogP contribution < -0.4 is 5.32 Å². The maximum absolute atomic E-state index is 12.7. The van der Waals surface area contributed by atoms with Crippen molar-refractivity contribution in [3.05, 3.63) is 65.7 Å². The zero-order valence-electron chi connectivity index (χ0n) is 13.8. The van der Waals surface area contributed by atoms with Crippen molar-refractivity contribution in [1.82, 2.24) is 15.3 Å². The molecule has 0 saturated heterocycles. The first-order chi connectivity index (χ1) is 11.7. The highest BCUT2D eigenvalue weighted by molar-refractivity contribution is 5.87. The second-order valence-corrected chi connectivity index (χ2v) is 6.57. The summed E-state index contributed by atoms with van der Waals surface area (Å²) >= 11 is 0. The number of hydrogen-bond donors (Lipinski definition) is 2. The molecule has 0 aliphatic heterocycles. The zero-order valence-corrected chi connectivity index (χ0v) is 13.8. The Labute approximate surface area is 141 Å². The van der Waals surface area contributed by atoms with Crippen LogP contribution in [-0.2, 0) is 17.6 Å². The number of carbonyl (C=O) groups excluding carboxylic acids is 1. The second kappa shape index (κ2) is 6.11. The molecule has 1 aliphatic carbocycles. The van der Waals surface area contributed by atoms with E-state index >= 15 is 0 Å². The Balaban J connectivity index is 1.51. The normalized spacial score (nSPS) is 18.1. The summed E-state index contributed by atoms with van der Waals surface area (Å²) in [5, 5.41) is 5.61. The molecule has 2 aromatic carbocycles. The second-order valence-electron chi connectivity index (χ2n) is 6.57. The average Bonchev–Trinajstić information content (AvgIpc) is 3.08.